The summed E-state index contributed by atoms with van der Waals surface area (Å²) in [6, 6.07) is 18.4. The van der Waals surface area contributed by atoms with Crippen LogP contribution in [-0.2, 0) is 19.6 Å². The first-order valence-corrected chi connectivity index (χ1v) is 12.6. The van der Waals surface area contributed by atoms with E-state index in [1.54, 1.807) is 48.5 Å². The quantitative estimate of drug-likeness (QED) is 0.242. The number of esters is 1. The Balaban J connectivity index is 1.79. The summed E-state index contributed by atoms with van der Waals surface area (Å²) < 4.78 is 37.8. The molecule has 0 aliphatic rings. The number of anilines is 1. The summed E-state index contributed by atoms with van der Waals surface area (Å²) in [5, 5.41) is 4.27. The second kappa shape index (κ2) is 12.2. The minimum atomic E-state index is -4.11. The van der Waals surface area contributed by atoms with Crippen LogP contribution in [0.2, 0.25) is 5.02 Å². The predicted molar refractivity (Wildman–Crippen MR) is 137 cm³/mol. The van der Waals surface area contributed by atoms with Gasteiger partial charge in [0.1, 0.15) is 12.3 Å². The van der Waals surface area contributed by atoms with Crippen molar-refractivity contribution in [2.45, 2.75) is 11.8 Å². The lowest BCUT2D eigenvalue weighted by atomic mass is 10.1. The van der Waals surface area contributed by atoms with Crippen molar-refractivity contribution in [1.29, 1.82) is 0 Å². The van der Waals surface area contributed by atoms with E-state index in [4.69, 9.17) is 16.3 Å². The summed E-state index contributed by atoms with van der Waals surface area (Å²) >= 11 is 5.90. The number of hydrogen-bond acceptors (Lipinski definition) is 7. The molecule has 0 aromatic heterocycles. The molecule has 0 fully saturated rings. The third-order valence-corrected chi connectivity index (χ3v) is 6.90. The molecule has 0 aliphatic carbocycles. The average Bonchev–Trinajstić information content (AvgIpc) is 2.88. The number of methoxy groups -OCH3 is 1. The van der Waals surface area contributed by atoms with E-state index in [1.807, 2.05) is 6.92 Å². The molecule has 3 aromatic carbocycles. The summed E-state index contributed by atoms with van der Waals surface area (Å²) in [7, 11) is -2.82. The number of hydrogen-bond donors (Lipinski definition) is 1. The Morgan fingerprint density at radius 1 is 1.00 bits per heavy atom. The van der Waals surface area contributed by atoms with Gasteiger partial charge in [0.25, 0.3) is 15.9 Å². The minimum Gasteiger partial charge on any atom is -0.494 e. The molecule has 0 aliphatic heterocycles. The average molecular weight is 530 g/mol. The molecule has 3 aromatic rings. The molecule has 1 N–H and O–H groups in total. The van der Waals surface area contributed by atoms with E-state index in [9.17, 15) is 18.0 Å². The van der Waals surface area contributed by atoms with Gasteiger partial charge in [0.15, 0.2) is 0 Å². The summed E-state index contributed by atoms with van der Waals surface area (Å²) in [5.41, 5.74) is 3.58. The van der Waals surface area contributed by atoms with Gasteiger partial charge < -0.3 is 9.47 Å². The number of sulfonamides is 1. The number of hydrazone groups is 1. The van der Waals surface area contributed by atoms with E-state index in [1.165, 1.54) is 37.6 Å². The zero-order valence-corrected chi connectivity index (χ0v) is 21.1. The SMILES string of the molecule is CCOc1ccc(N(CC(=O)N/N=C\c2ccc(C(=O)OC)cc2)S(=O)(=O)c2ccc(Cl)cc2)cc1. The van der Waals surface area contributed by atoms with Crippen LogP contribution in [0.25, 0.3) is 0 Å². The van der Waals surface area contributed by atoms with Crippen molar-refractivity contribution in [1.82, 2.24) is 5.43 Å². The summed E-state index contributed by atoms with van der Waals surface area (Å²) in [4.78, 5) is 24.2. The molecule has 9 nitrogen and oxygen atoms in total. The van der Waals surface area contributed by atoms with Crippen LogP contribution < -0.4 is 14.5 Å². The number of halogens is 1. The Kier molecular flexibility index (Phi) is 9.04. The first-order valence-electron chi connectivity index (χ1n) is 10.8. The molecule has 0 saturated heterocycles. The molecule has 188 valence electrons. The fraction of sp³-hybridized carbons (Fsp3) is 0.160. The number of carbonyl (C=O) groups excluding carboxylic acids is 2. The lowest BCUT2D eigenvalue weighted by Gasteiger charge is -2.24. The minimum absolute atomic E-state index is 0.0252. The summed E-state index contributed by atoms with van der Waals surface area (Å²) in [6.45, 7) is 1.76. The molecule has 0 spiro atoms. The van der Waals surface area contributed by atoms with Gasteiger partial charge in [-0.2, -0.15) is 5.10 Å². The molecule has 0 radical (unpaired) electrons. The van der Waals surface area contributed by atoms with Gasteiger partial charge in [-0.3, -0.25) is 9.10 Å². The Morgan fingerprint density at radius 2 is 1.64 bits per heavy atom. The number of carbonyl (C=O) groups is 2. The standard InChI is InChI=1S/C25H24ClN3O6S/c1-3-35-22-12-10-21(11-13-22)29(36(32,33)23-14-8-20(26)9-15-23)17-24(30)28-27-16-18-4-6-19(7-5-18)25(31)34-2/h4-16H,3,17H2,1-2H3,(H,28,30)/b27-16-. The monoisotopic (exact) mass is 529 g/mol. The number of rotatable bonds is 10. The van der Waals surface area contributed by atoms with Crippen molar-refractivity contribution in [2.24, 2.45) is 5.10 Å². The highest BCUT2D eigenvalue weighted by Crippen LogP contribution is 2.26. The van der Waals surface area contributed by atoms with E-state index in [2.05, 4.69) is 15.3 Å². The Hall–Kier alpha value is -3.89. The molecule has 0 atom stereocenters. The van der Waals surface area contributed by atoms with Gasteiger partial charge in [-0.25, -0.2) is 18.6 Å². The molecule has 0 saturated carbocycles. The number of ether oxygens (including phenoxy) is 2. The fourth-order valence-corrected chi connectivity index (χ4v) is 4.64. The van der Waals surface area contributed by atoms with Gasteiger partial charge in [0.05, 0.1) is 36.1 Å². The van der Waals surface area contributed by atoms with Crippen molar-refractivity contribution >= 4 is 45.4 Å². The molecular weight excluding hydrogens is 506 g/mol. The highest BCUT2D eigenvalue weighted by molar-refractivity contribution is 7.92. The van der Waals surface area contributed by atoms with Crippen LogP contribution in [0.1, 0.15) is 22.8 Å². The van der Waals surface area contributed by atoms with Crippen LogP contribution in [0.4, 0.5) is 5.69 Å². The third kappa shape index (κ3) is 6.83. The molecule has 0 heterocycles. The highest BCUT2D eigenvalue weighted by atomic mass is 35.5. The topological polar surface area (TPSA) is 114 Å². The fourth-order valence-electron chi connectivity index (χ4n) is 3.09. The second-order valence-corrected chi connectivity index (χ2v) is 9.60. The zero-order valence-electron chi connectivity index (χ0n) is 19.5. The van der Waals surface area contributed by atoms with Gasteiger partial charge in [-0.05, 0) is 73.2 Å². The van der Waals surface area contributed by atoms with Crippen LogP contribution in [0.3, 0.4) is 0 Å². The molecule has 0 unspecified atom stereocenters. The maximum absolute atomic E-state index is 13.4. The lowest BCUT2D eigenvalue weighted by Crippen LogP contribution is -2.39. The number of nitrogens with zero attached hydrogens (tertiary/aromatic N) is 2. The van der Waals surface area contributed by atoms with E-state index in [-0.39, 0.29) is 10.6 Å². The second-order valence-electron chi connectivity index (χ2n) is 7.30. The molecule has 11 heteroatoms. The van der Waals surface area contributed by atoms with Crippen molar-refractivity contribution in [2.75, 3.05) is 24.6 Å². The summed E-state index contributed by atoms with van der Waals surface area (Å²) in [5.74, 6) is -0.565. The van der Waals surface area contributed by atoms with E-state index in [0.717, 1.165) is 4.31 Å². The number of amides is 1. The molecule has 1 amide bonds. The Labute approximate surface area is 214 Å². The normalized spacial score (nSPS) is 11.2. The van der Waals surface area contributed by atoms with Crippen LogP contribution in [-0.4, -0.2) is 46.8 Å². The zero-order chi connectivity index (χ0) is 26.1. The van der Waals surface area contributed by atoms with Crippen molar-refractivity contribution in [3.63, 3.8) is 0 Å². The maximum atomic E-state index is 13.4. The van der Waals surface area contributed by atoms with Crippen LogP contribution in [0.5, 0.6) is 5.75 Å². The van der Waals surface area contributed by atoms with Crippen LogP contribution >= 0.6 is 11.6 Å². The Morgan fingerprint density at radius 3 is 2.22 bits per heavy atom. The van der Waals surface area contributed by atoms with Gasteiger partial charge in [-0.15, -0.1) is 0 Å². The largest absolute Gasteiger partial charge is 0.494 e. The first-order chi connectivity index (χ1) is 17.2. The van der Waals surface area contributed by atoms with Crippen molar-refractivity contribution in [3.8, 4) is 5.75 Å². The lowest BCUT2D eigenvalue weighted by molar-refractivity contribution is -0.119. The van der Waals surface area contributed by atoms with Gasteiger partial charge in [0.2, 0.25) is 0 Å². The highest BCUT2D eigenvalue weighted by Gasteiger charge is 2.27. The molecule has 3 rings (SSSR count). The van der Waals surface area contributed by atoms with Crippen molar-refractivity contribution in [3.05, 3.63) is 88.9 Å². The molecule has 36 heavy (non-hydrogen) atoms. The molecule has 0 bridgehead atoms. The summed E-state index contributed by atoms with van der Waals surface area (Å²) in [6.07, 6.45) is 1.37. The number of nitrogens with one attached hydrogen (secondary N) is 1. The van der Waals surface area contributed by atoms with Gasteiger partial charge >= 0.3 is 5.97 Å². The van der Waals surface area contributed by atoms with Gasteiger partial charge in [-0.1, -0.05) is 23.7 Å². The first kappa shape index (κ1) is 26.7. The van der Waals surface area contributed by atoms with E-state index < -0.39 is 28.4 Å². The van der Waals surface area contributed by atoms with E-state index in [0.29, 0.717) is 28.5 Å². The van der Waals surface area contributed by atoms with Crippen molar-refractivity contribution < 1.29 is 27.5 Å². The van der Waals surface area contributed by atoms with Crippen LogP contribution in [0.15, 0.2) is 82.8 Å². The maximum Gasteiger partial charge on any atom is 0.337 e. The molecular formula is C25H24ClN3O6S. The third-order valence-electron chi connectivity index (χ3n) is 4.86. The smallest absolute Gasteiger partial charge is 0.337 e. The van der Waals surface area contributed by atoms with E-state index >= 15 is 0 Å². The van der Waals surface area contributed by atoms with Crippen LogP contribution in [0, 0.1) is 0 Å². The predicted octanol–water partition coefficient (Wildman–Crippen LogP) is 3.87. The number of benzene rings is 3. The Bertz CT molecular complexity index is 1330. The van der Waals surface area contributed by atoms with Gasteiger partial charge in [0, 0.05) is 5.02 Å².